The van der Waals surface area contributed by atoms with Crippen molar-refractivity contribution >= 4 is 11.3 Å². The molecule has 100 valence electrons. The van der Waals surface area contributed by atoms with Crippen LogP contribution in [0.25, 0.3) is 10.7 Å². The summed E-state index contributed by atoms with van der Waals surface area (Å²) >= 11 is 1.70. The van der Waals surface area contributed by atoms with Crippen molar-refractivity contribution in [3.63, 3.8) is 0 Å². The molecule has 0 radical (unpaired) electrons. The lowest BCUT2D eigenvalue weighted by molar-refractivity contribution is 0.425. The van der Waals surface area contributed by atoms with Crippen LogP contribution < -0.4 is 5.32 Å². The zero-order chi connectivity index (χ0) is 13.1. The van der Waals surface area contributed by atoms with Crippen LogP contribution in [0.5, 0.6) is 0 Å². The van der Waals surface area contributed by atoms with Crippen LogP contribution in [0.4, 0.5) is 0 Å². The molecule has 2 heterocycles. The summed E-state index contributed by atoms with van der Waals surface area (Å²) in [6, 6.07) is 4.14. The van der Waals surface area contributed by atoms with Crippen LogP contribution in [-0.2, 0) is 12.8 Å². The maximum Gasteiger partial charge on any atom is 0.169 e. The Balaban J connectivity index is 1.77. The van der Waals surface area contributed by atoms with Gasteiger partial charge in [-0.15, -0.1) is 11.3 Å². The first-order chi connectivity index (χ1) is 9.36. The Kier molecular flexibility index (Phi) is 3.89. The molecule has 1 atom stereocenters. The van der Waals surface area contributed by atoms with Gasteiger partial charge in [0, 0.05) is 11.9 Å². The third-order valence-corrected chi connectivity index (χ3v) is 4.54. The van der Waals surface area contributed by atoms with Gasteiger partial charge >= 0.3 is 0 Å². The summed E-state index contributed by atoms with van der Waals surface area (Å²) in [4.78, 5) is 10.4. The smallest absolute Gasteiger partial charge is 0.169 e. The molecule has 0 amide bonds. The first kappa shape index (κ1) is 12.8. The van der Waals surface area contributed by atoms with E-state index in [1.807, 2.05) is 6.20 Å². The first-order valence-electron chi connectivity index (χ1n) is 6.96. The number of thiophene rings is 1. The van der Waals surface area contributed by atoms with Crippen LogP contribution in [0, 0.1) is 5.92 Å². The second-order valence-corrected chi connectivity index (χ2v) is 6.01. The van der Waals surface area contributed by atoms with Crippen LogP contribution in [0.1, 0.15) is 24.6 Å². The molecule has 4 heteroatoms. The molecule has 3 nitrogen and oxygen atoms in total. The molecule has 0 saturated carbocycles. The highest BCUT2D eigenvalue weighted by Crippen LogP contribution is 2.27. The summed E-state index contributed by atoms with van der Waals surface area (Å²) in [5.41, 5.74) is 2.60. The van der Waals surface area contributed by atoms with Gasteiger partial charge in [-0.2, -0.15) is 0 Å². The minimum atomic E-state index is 0.739. The number of hydrogen-bond donors (Lipinski definition) is 1. The molecule has 0 aliphatic heterocycles. The highest BCUT2D eigenvalue weighted by Gasteiger charge is 2.20. The molecule has 0 fully saturated rings. The Labute approximate surface area is 118 Å². The lowest BCUT2D eigenvalue weighted by Gasteiger charge is -2.23. The van der Waals surface area contributed by atoms with Crippen LogP contribution in [0.2, 0.25) is 0 Å². The number of aryl methyl sites for hydroxylation is 1. The number of nitrogens with one attached hydrogen (secondary N) is 1. The van der Waals surface area contributed by atoms with Crippen molar-refractivity contribution in [1.82, 2.24) is 15.3 Å². The summed E-state index contributed by atoms with van der Waals surface area (Å²) in [6.07, 6.45) is 5.48. The van der Waals surface area contributed by atoms with Gasteiger partial charge < -0.3 is 5.32 Å². The average Bonchev–Trinajstić information content (AvgIpc) is 2.98. The molecular formula is C15H19N3S. The van der Waals surface area contributed by atoms with Gasteiger partial charge in [0.25, 0.3) is 0 Å². The van der Waals surface area contributed by atoms with E-state index >= 15 is 0 Å². The van der Waals surface area contributed by atoms with Crippen molar-refractivity contribution in [2.75, 3.05) is 13.1 Å². The van der Waals surface area contributed by atoms with E-state index in [1.54, 1.807) is 11.3 Å². The lowest BCUT2D eigenvalue weighted by Crippen LogP contribution is -2.27. The lowest BCUT2D eigenvalue weighted by atomic mass is 9.87. The van der Waals surface area contributed by atoms with Gasteiger partial charge in [-0.3, -0.25) is 0 Å². The van der Waals surface area contributed by atoms with E-state index in [0.717, 1.165) is 42.6 Å². The maximum atomic E-state index is 4.75. The van der Waals surface area contributed by atoms with Crippen molar-refractivity contribution in [3.05, 3.63) is 35.0 Å². The zero-order valence-corrected chi connectivity index (χ0v) is 12.0. The van der Waals surface area contributed by atoms with Gasteiger partial charge in [0.2, 0.25) is 0 Å². The topological polar surface area (TPSA) is 37.8 Å². The largest absolute Gasteiger partial charge is 0.317 e. The van der Waals surface area contributed by atoms with Gasteiger partial charge in [-0.25, -0.2) is 9.97 Å². The van der Waals surface area contributed by atoms with Gasteiger partial charge in [0.15, 0.2) is 5.82 Å². The molecule has 0 saturated heterocycles. The monoisotopic (exact) mass is 273 g/mol. The molecule has 1 unspecified atom stereocenters. The fraction of sp³-hybridized carbons (Fsp3) is 0.467. The van der Waals surface area contributed by atoms with Crippen molar-refractivity contribution < 1.29 is 0 Å². The highest BCUT2D eigenvalue weighted by molar-refractivity contribution is 7.13. The van der Waals surface area contributed by atoms with E-state index in [1.165, 1.54) is 17.7 Å². The summed E-state index contributed by atoms with van der Waals surface area (Å²) in [5.74, 6) is 1.63. The summed E-state index contributed by atoms with van der Waals surface area (Å²) in [5, 5.41) is 5.52. The summed E-state index contributed by atoms with van der Waals surface area (Å²) < 4.78 is 0. The molecule has 1 N–H and O–H groups in total. The Bertz CT molecular complexity index is 536. The molecule has 1 aliphatic carbocycles. The Morgan fingerprint density at radius 2 is 2.42 bits per heavy atom. The van der Waals surface area contributed by atoms with Crippen molar-refractivity contribution in [1.29, 1.82) is 0 Å². The minimum absolute atomic E-state index is 0.739. The second-order valence-electron chi connectivity index (χ2n) is 5.06. The van der Waals surface area contributed by atoms with Crippen molar-refractivity contribution in [2.24, 2.45) is 5.92 Å². The van der Waals surface area contributed by atoms with E-state index in [2.05, 4.69) is 34.7 Å². The van der Waals surface area contributed by atoms with Gasteiger partial charge in [0.05, 0.1) is 4.88 Å². The SMILES string of the molecule is CCNCC1CCc2nc(-c3cccs3)ncc2C1. The maximum absolute atomic E-state index is 4.75. The van der Waals surface area contributed by atoms with Crippen LogP contribution in [0.15, 0.2) is 23.7 Å². The number of hydrogen-bond acceptors (Lipinski definition) is 4. The predicted octanol–water partition coefficient (Wildman–Crippen LogP) is 2.92. The molecule has 0 bridgehead atoms. The molecular weight excluding hydrogens is 254 g/mol. The van der Waals surface area contributed by atoms with Gasteiger partial charge in [-0.05, 0) is 55.3 Å². The van der Waals surface area contributed by atoms with E-state index in [-0.39, 0.29) is 0 Å². The molecule has 1 aliphatic rings. The number of nitrogens with zero attached hydrogens (tertiary/aromatic N) is 2. The average molecular weight is 273 g/mol. The molecule has 0 spiro atoms. The summed E-state index contributed by atoms with van der Waals surface area (Å²) in [7, 11) is 0. The second kappa shape index (κ2) is 5.80. The zero-order valence-electron chi connectivity index (χ0n) is 11.2. The number of aromatic nitrogens is 2. The van der Waals surface area contributed by atoms with Crippen LogP contribution in [-0.4, -0.2) is 23.1 Å². The van der Waals surface area contributed by atoms with Crippen molar-refractivity contribution in [3.8, 4) is 10.7 Å². The van der Waals surface area contributed by atoms with E-state index in [4.69, 9.17) is 4.98 Å². The molecule has 3 rings (SSSR count). The molecule has 2 aromatic rings. The highest BCUT2D eigenvalue weighted by atomic mass is 32.1. The third-order valence-electron chi connectivity index (χ3n) is 3.68. The van der Waals surface area contributed by atoms with Crippen LogP contribution >= 0.6 is 11.3 Å². The normalized spacial score (nSPS) is 18.3. The Morgan fingerprint density at radius 3 is 3.21 bits per heavy atom. The third kappa shape index (κ3) is 2.85. The molecule has 2 aromatic heterocycles. The first-order valence-corrected chi connectivity index (χ1v) is 7.84. The quantitative estimate of drug-likeness (QED) is 0.930. The minimum Gasteiger partial charge on any atom is -0.317 e. The number of fused-ring (bicyclic) bond motifs is 1. The summed E-state index contributed by atoms with van der Waals surface area (Å²) in [6.45, 7) is 4.33. The number of rotatable bonds is 4. The van der Waals surface area contributed by atoms with Gasteiger partial charge in [0.1, 0.15) is 0 Å². The van der Waals surface area contributed by atoms with Crippen molar-refractivity contribution in [2.45, 2.75) is 26.2 Å². The molecule has 19 heavy (non-hydrogen) atoms. The fourth-order valence-corrected chi connectivity index (χ4v) is 3.29. The fourth-order valence-electron chi connectivity index (χ4n) is 2.63. The Morgan fingerprint density at radius 1 is 1.47 bits per heavy atom. The standard InChI is InChI=1S/C15H19N3S/c1-2-16-9-11-5-6-13-12(8-11)10-17-15(18-13)14-4-3-7-19-14/h3-4,7,10-11,16H,2,5-6,8-9H2,1H3. The van der Waals surface area contributed by atoms with E-state index in [9.17, 15) is 0 Å². The predicted molar refractivity (Wildman–Crippen MR) is 79.4 cm³/mol. The van der Waals surface area contributed by atoms with Crippen LogP contribution in [0.3, 0.4) is 0 Å². The van der Waals surface area contributed by atoms with E-state index < -0.39 is 0 Å². The van der Waals surface area contributed by atoms with Gasteiger partial charge in [-0.1, -0.05) is 13.0 Å². The Hall–Kier alpha value is -1.26. The van der Waals surface area contributed by atoms with E-state index in [0.29, 0.717) is 0 Å². The molecule has 0 aromatic carbocycles.